The molecule has 2 rings (SSSR count). The van der Waals surface area contributed by atoms with Crippen molar-refractivity contribution in [2.45, 2.75) is 33.6 Å². The van der Waals surface area contributed by atoms with Crippen molar-refractivity contribution < 1.29 is 4.79 Å². The highest BCUT2D eigenvalue weighted by molar-refractivity contribution is 6.02. The van der Waals surface area contributed by atoms with E-state index in [0.29, 0.717) is 5.78 Å². The topological polar surface area (TPSA) is 29.1 Å². The molecule has 0 saturated carbocycles. The van der Waals surface area contributed by atoms with Crippen LogP contribution < -0.4 is 5.32 Å². The SMILES string of the molecule is C/C=C1/CNCC[C@H]1C(=O)/C(=C/c1ccccc1C)CC. The predicted molar refractivity (Wildman–Crippen MR) is 89.2 cm³/mol. The second-order valence-corrected chi connectivity index (χ2v) is 5.63. The molecule has 1 aliphatic heterocycles. The molecule has 0 spiro atoms. The first-order chi connectivity index (χ1) is 10.2. The zero-order chi connectivity index (χ0) is 15.2. The van der Waals surface area contributed by atoms with Gasteiger partial charge < -0.3 is 5.32 Å². The molecule has 1 atom stereocenters. The summed E-state index contributed by atoms with van der Waals surface area (Å²) in [5.41, 5.74) is 4.54. The van der Waals surface area contributed by atoms with Gasteiger partial charge in [0, 0.05) is 12.5 Å². The maximum absolute atomic E-state index is 12.9. The molecule has 1 aromatic carbocycles. The second-order valence-electron chi connectivity index (χ2n) is 5.63. The third-order valence-corrected chi connectivity index (χ3v) is 4.29. The number of hydrogen-bond donors (Lipinski definition) is 1. The van der Waals surface area contributed by atoms with Crippen molar-refractivity contribution in [3.05, 3.63) is 52.6 Å². The molecule has 21 heavy (non-hydrogen) atoms. The summed E-state index contributed by atoms with van der Waals surface area (Å²) in [5.74, 6) is 0.363. The lowest BCUT2D eigenvalue weighted by Gasteiger charge is -2.26. The van der Waals surface area contributed by atoms with Crippen molar-refractivity contribution in [2.75, 3.05) is 13.1 Å². The molecule has 1 N–H and O–H groups in total. The summed E-state index contributed by atoms with van der Waals surface area (Å²) in [7, 11) is 0. The first-order valence-electron chi connectivity index (χ1n) is 7.83. The number of ketones is 1. The lowest BCUT2D eigenvalue weighted by molar-refractivity contribution is -0.118. The molecular formula is C19H25NO. The normalized spacial score (nSPS) is 21.6. The molecule has 2 heteroatoms. The first kappa shape index (κ1) is 15.7. The van der Waals surface area contributed by atoms with Gasteiger partial charge in [-0.1, -0.05) is 37.3 Å². The average molecular weight is 283 g/mol. The highest BCUT2D eigenvalue weighted by Crippen LogP contribution is 2.25. The van der Waals surface area contributed by atoms with Crippen molar-refractivity contribution in [3.8, 4) is 0 Å². The largest absolute Gasteiger partial charge is 0.313 e. The molecule has 1 aromatic rings. The van der Waals surface area contributed by atoms with Crippen LogP contribution in [-0.2, 0) is 4.79 Å². The van der Waals surface area contributed by atoms with Gasteiger partial charge in [0.15, 0.2) is 5.78 Å². The van der Waals surface area contributed by atoms with Crippen LogP contribution in [-0.4, -0.2) is 18.9 Å². The number of hydrogen-bond acceptors (Lipinski definition) is 2. The maximum Gasteiger partial charge on any atom is 0.166 e. The summed E-state index contributed by atoms with van der Waals surface area (Å²) in [4.78, 5) is 12.9. The molecule has 1 aliphatic rings. The Morgan fingerprint density at radius 3 is 2.81 bits per heavy atom. The Morgan fingerprint density at radius 1 is 1.38 bits per heavy atom. The van der Waals surface area contributed by atoms with Gasteiger partial charge in [0.2, 0.25) is 0 Å². The molecule has 0 bridgehead atoms. The Hall–Kier alpha value is -1.67. The van der Waals surface area contributed by atoms with Gasteiger partial charge in [-0.05, 0) is 61.6 Å². The van der Waals surface area contributed by atoms with E-state index in [9.17, 15) is 4.79 Å². The fraction of sp³-hybridized carbons (Fsp3) is 0.421. The molecule has 1 fully saturated rings. The lowest BCUT2D eigenvalue weighted by Crippen LogP contribution is -2.34. The molecule has 0 radical (unpaired) electrons. The van der Waals surface area contributed by atoms with E-state index >= 15 is 0 Å². The molecule has 0 amide bonds. The van der Waals surface area contributed by atoms with Crippen molar-refractivity contribution in [1.82, 2.24) is 5.32 Å². The molecular weight excluding hydrogens is 258 g/mol. The van der Waals surface area contributed by atoms with Crippen LogP contribution in [0.4, 0.5) is 0 Å². The summed E-state index contributed by atoms with van der Waals surface area (Å²) < 4.78 is 0. The smallest absolute Gasteiger partial charge is 0.166 e. The van der Waals surface area contributed by atoms with Crippen molar-refractivity contribution in [1.29, 1.82) is 0 Å². The number of carbonyl (C=O) groups excluding carboxylic acids is 1. The summed E-state index contributed by atoms with van der Waals surface area (Å²) in [6.45, 7) is 7.95. The summed E-state index contributed by atoms with van der Waals surface area (Å²) in [6, 6.07) is 8.23. The van der Waals surface area contributed by atoms with Crippen LogP contribution in [0.3, 0.4) is 0 Å². The summed E-state index contributed by atoms with van der Waals surface area (Å²) >= 11 is 0. The van der Waals surface area contributed by atoms with Gasteiger partial charge in [-0.15, -0.1) is 0 Å². The highest BCUT2D eigenvalue weighted by Gasteiger charge is 2.26. The number of aryl methyl sites for hydroxylation is 1. The fourth-order valence-corrected chi connectivity index (χ4v) is 2.90. The van der Waals surface area contributed by atoms with Crippen molar-refractivity contribution >= 4 is 11.9 Å². The van der Waals surface area contributed by atoms with Crippen LogP contribution in [0, 0.1) is 12.8 Å². The van der Waals surface area contributed by atoms with E-state index in [1.807, 2.05) is 19.1 Å². The zero-order valence-corrected chi connectivity index (χ0v) is 13.3. The van der Waals surface area contributed by atoms with E-state index in [4.69, 9.17) is 0 Å². The Kier molecular flexibility index (Phi) is 5.51. The summed E-state index contributed by atoms with van der Waals surface area (Å²) in [6.07, 6.45) is 5.86. The molecule has 0 aromatic heterocycles. The minimum atomic E-state index is 0.0615. The molecule has 112 valence electrons. The first-order valence-corrected chi connectivity index (χ1v) is 7.83. The van der Waals surface area contributed by atoms with Gasteiger partial charge in [-0.25, -0.2) is 0 Å². The third-order valence-electron chi connectivity index (χ3n) is 4.29. The predicted octanol–water partition coefficient (Wildman–Crippen LogP) is 3.91. The van der Waals surface area contributed by atoms with Crippen LogP contribution in [0.2, 0.25) is 0 Å². The number of nitrogens with one attached hydrogen (secondary N) is 1. The monoisotopic (exact) mass is 283 g/mol. The zero-order valence-electron chi connectivity index (χ0n) is 13.3. The Labute approximate surface area is 128 Å². The Morgan fingerprint density at radius 2 is 2.14 bits per heavy atom. The van der Waals surface area contributed by atoms with Gasteiger partial charge >= 0.3 is 0 Å². The maximum atomic E-state index is 12.9. The van der Waals surface area contributed by atoms with Gasteiger partial charge in [0.1, 0.15) is 0 Å². The average Bonchev–Trinajstić information content (AvgIpc) is 2.53. The minimum absolute atomic E-state index is 0.0615. The van der Waals surface area contributed by atoms with Crippen LogP contribution in [0.5, 0.6) is 0 Å². The molecule has 1 heterocycles. The van der Waals surface area contributed by atoms with Crippen molar-refractivity contribution in [3.63, 3.8) is 0 Å². The van der Waals surface area contributed by atoms with Crippen LogP contribution >= 0.6 is 0 Å². The molecule has 0 aliphatic carbocycles. The van der Waals surface area contributed by atoms with Crippen LogP contribution in [0.15, 0.2) is 41.5 Å². The highest BCUT2D eigenvalue weighted by atomic mass is 16.1. The number of piperidine rings is 1. The van der Waals surface area contributed by atoms with Gasteiger partial charge in [0.25, 0.3) is 0 Å². The number of benzene rings is 1. The van der Waals surface area contributed by atoms with E-state index in [1.54, 1.807) is 0 Å². The number of carbonyl (C=O) groups is 1. The second kappa shape index (κ2) is 7.37. The summed E-state index contributed by atoms with van der Waals surface area (Å²) in [5, 5.41) is 3.35. The van der Waals surface area contributed by atoms with Crippen molar-refractivity contribution in [2.24, 2.45) is 5.92 Å². The Balaban J connectivity index is 2.28. The van der Waals surface area contributed by atoms with E-state index in [2.05, 4.69) is 43.4 Å². The third kappa shape index (κ3) is 3.70. The molecule has 2 nitrogen and oxygen atoms in total. The quantitative estimate of drug-likeness (QED) is 0.670. The molecule has 0 unspecified atom stereocenters. The van der Waals surface area contributed by atoms with Crippen LogP contribution in [0.1, 0.15) is 37.8 Å². The van der Waals surface area contributed by atoms with Gasteiger partial charge in [-0.3, -0.25) is 4.79 Å². The van der Waals surface area contributed by atoms with E-state index in [1.165, 1.54) is 11.1 Å². The lowest BCUT2D eigenvalue weighted by atomic mass is 9.84. The van der Waals surface area contributed by atoms with E-state index < -0.39 is 0 Å². The fourth-order valence-electron chi connectivity index (χ4n) is 2.90. The van der Waals surface area contributed by atoms with E-state index in [0.717, 1.165) is 37.1 Å². The van der Waals surface area contributed by atoms with E-state index in [-0.39, 0.29) is 5.92 Å². The minimum Gasteiger partial charge on any atom is -0.313 e. The number of allylic oxidation sites excluding steroid dienone is 2. The van der Waals surface area contributed by atoms with Gasteiger partial charge in [0.05, 0.1) is 0 Å². The Bertz CT molecular complexity index is 569. The number of rotatable bonds is 4. The number of Topliss-reactive ketones (excluding diaryl/α,β-unsaturated/α-hetero) is 1. The van der Waals surface area contributed by atoms with Gasteiger partial charge in [-0.2, -0.15) is 0 Å². The standard InChI is InChI=1S/C19H25NO/c1-4-15(12-17-9-7-6-8-14(17)3)19(21)18-10-11-20-13-16(18)5-2/h5-9,12,18,20H,4,10-11,13H2,1-3H3/b15-12+,16-5-/t18-/m1/s1. The van der Waals surface area contributed by atoms with Crippen LogP contribution in [0.25, 0.3) is 6.08 Å². The molecule has 1 saturated heterocycles.